The molecule has 32 heavy (non-hydrogen) atoms. The monoisotopic (exact) mass is 522 g/mol. The Labute approximate surface area is 209 Å². The molecule has 3 unspecified atom stereocenters. The van der Waals surface area contributed by atoms with Gasteiger partial charge in [-0.05, 0) is 13.3 Å². The van der Waals surface area contributed by atoms with Crippen molar-refractivity contribution in [3.63, 3.8) is 0 Å². The van der Waals surface area contributed by atoms with Crippen LogP contribution in [0.15, 0.2) is 5.38 Å². The van der Waals surface area contributed by atoms with E-state index < -0.39 is 59.3 Å². The molecule has 0 aliphatic carbocycles. The molecule has 0 radical (unpaired) electrons. The summed E-state index contributed by atoms with van der Waals surface area (Å²) in [4.78, 5) is 62.7. The molecular formula is C14H20N4NaO10PS2. The van der Waals surface area contributed by atoms with Gasteiger partial charge in [-0.25, -0.2) is 22.5 Å². The van der Waals surface area contributed by atoms with Gasteiger partial charge in [0.25, 0.3) is 5.91 Å². The summed E-state index contributed by atoms with van der Waals surface area (Å²) in [5.74, 6) is -3.99. The Kier molecular flexibility index (Phi) is 9.07. The predicted molar refractivity (Wildman–Crippen MR) is 104 cm³/mol. The second-order valence-electron chi connectivity index (χ2n) is 6.42. The largest absolute Gasteiger partial charge is 1.00 e. The van der Waals surface area contributed by atoms with Gasteiger partial charge in [-0.2, -0.15) is 0 Å². The van der Waals surface area contributed by atoms with Gasteiger partial charge >= 0.3 is 43.1 Å². The standard InChI is InChI=1S/C14H21N4O10PS2.Na/c1-4-14(29(22,23)24,7-6-30-13(15)16-7)12(21)17(5-2)8-9(11(20)28-3)18(10(8)19)31(25,26)27;/h6,8-9H,4-5H2,1-3H3,(H2,15,16)(H2,22,23,24)(H,25,26,27);/q;+1/p-1. The van der Waals surface area contributed by atoms with E-state index in [2.05, 4.69) is 9.72 Å². The maximum absolute atomic E-state index is 13.5. The first-order valence-corrected chi connectivity index (χ1v) is 12.5. The minimum atomic E-state index is -5.42. The van der Waals surface area contributed by atoms with Crippen molar-refractivity contribution < 1.29 is 76.0 Å². The minimum Gasteiger partial charge on any atom is -0.731 e. The predicted octanol–water partition coefficient (Wildman–Crippen LogP) is -4.43. The summed E-state index contributed by atoms with van der Waals surface area (Å²) in [7, 11) is -9.86. The van der Waals surface area contributed by atoms with E-state index in [4.69, 9.17) is 5.73 Å². The molecule has 174 valence electrons. The molecule has 1 aromatic rings. The van der Waals surface area contributed by atoms with Gasteiger partial charge in [-0.3, -0.25) is 14.2 Å². The van der Waals surface area contributed by atoms with Crippen LogP contribution >= 0.6 is 18.9 Å². The number of nitrogens with zero attached hydrogens (tertiary/aromatic N) is 3. The maximum Gasteiger partial charge on any atom is 1.00 e. The van der Waals surface area contributed by atoms with Gasteiger partial charge in [0.15, 0.2) is 26.6 Å². The summed E-state index contributed by atoms with van der Waals surface area (Å²) in [6.45, 7) is 2.27. The number of carbonyl (C=O) groups is 3. The normalized spacial score (nSPS) is 20.6. The Balaban J connectivity index is 0.00000512. The van der Waals surface area contributed by atoms with Crippen LogP contribution in [0.5, 0.6) is 0 Å². The van der Waals surface area contributed by atoms with Gasteiger partial charge in [0.1, 0.15) is 6.04 Å². The summed E-state index contributed by atoms with van der Waals surface area (Å²) < 4.78 is 50.9. The molecule has 0 aromatic carbocycles. The van der Waals surface area contributed by atoms with E-state index >= 15 is 0 Å². The molecule has 2 heterocycles. The number of hydrogen-bond acceptors (Lipinski definition) is 11. The average molecular weight is 522 g/mol. The third-order valence-corrected chi connectivity index (χ3v) is 8.25. The van der Waals surface area contributed by atoms with E-state index in [1.807, 2.05) is 0 Å². The summed E-state index contributed by atoms with van der Waals surface area (Å²) in [6.07, 6.45) is -0.469. The fraction of sp³-hybridized carbons (Fsp3) is 0.571. The molecule has 1 aliphatic heterocycles. The molecule has 3 atom stereocenters. The fourth-order valence-corrected chi connectivity index (χ4v) is 6.19. The zero-order valence-corrected chi connectivity index (χ0v) is 22.0. The number of anilines is 1. The number of esters is 1. The Bertz CT molecular complexity index is 1060. The van der Waals surface area contributed by atoms with Gasteiger partial charge < -0.3 is 29.7 Å². The van der Waals surface area contributed by atoms with Crippen LogP contribution in [0.25, 0.3) is 0 Å². The van der Waals surface area contributed by atoms with E-state index in [9.17, 15) is 41.7 Å². The molecule has 0 saturated carbocycles. The van der Waals surface area contributed by atoms with Crippen molar-refractivity contribution in [2.75, 3.05) is 19.4 Å². The van der Waals surface area contributed by atoms with E-state index in [1.165, 1.54) is 19.2 Å². The number of aromatic nitrogens is 1. The number of β-lactam (4-membered cyclic amide) rings is 1. The van der Waals surface area contributed by atoms with Crippen LogP contribution in [0, 0.1) is 0 Å². The van der Waals surface area contributed by atoms with E-state index in [1.54, 1.807) is 0 Å². The Morgan fingerprint density at radius 3 is 2.34 bits per heavy atom. The molecule has 1 aliphatic rings. The number of nitrogens with two attached hydrogens (primary N) is 1. The number of likely N-dealkylation sites (N-methyl/N-ethyl adjacent to an activating group) is 1. The molecular weight excluding hydrogens is 502 g/mol. The van der Waals surface area contributed by atoms with E-state index in [-0.39, 0.29) is 51.2 Å². The van der Waals surface area contributed by atoms with Gasteiger partial charge in [0, 0.05) is 11.9 Å². The van der Waals surface area contributed by atoms with Crippen LogP contribution < -0.4 is 35.3 Å². The molecule has 2 rings (SSSR count). The summed E-state index contributed by atoms with van der Waals surface area (Å²) in [6, 6.07) is -3.84. The van der Waals surface area contributed by atoms with Gasteiger partial charge in [0.05, 0.1) is 12.8 Å². The summed E-state index contributed by atoms with van der Waals surface area (Å²) in [5, 5.41) is -1.46. The van der Waals surface area contributed by atoms with Crippen LogP contribution in [-0.4, -0.2) is 80.5 Å². The number of methoxy groups -OCH3 is 1. The first-order chi connectivity index (χ1) is 14.2. The van der Waals surface area contributed by atoms with Crippen molar-refractivity contribution in [2.45, 2.75) is 37.5 Å². The van der Waals surface area contributed by atoms with Crippen molar-refractivity contribution in [3.8, 4) is 0 Å². The van der Waals surface area contributed by atoms with Crippen molar-refractivity contribution >= 4 is 52.2 Å². The maximum atomic E-state index is 13.5. The zero-order valence-electron chi connectivity index (χ0n) is 17.5. The topological polar surface area (TPSA) is 221 Å². The fourth-order valence-electron chi connectivity index (χ4n) is 3.45. The number of hydrogen-bond donors (Lipinski definition) is 3. The quantitative estimate of drug-likeness (QED) is 0.0968. The van der Waals surface area contributed by atoms with Crippen LogP contribution in [-0.2, 0) is 39.1 Å². The molecule has 14 nitrogen and oxygen atoms in total. The Morgan fingerprint density at radius 2 is 2.00 bits per heavy atom. The SMILES string of the molecule is CCN(C(=O)C(CC)(c1csc(N)n1)P(=O)(O)O)C1C(=O)N(S(=O)(=O)[O-])C1C(=O)OC.[Na+]. The molecule has 1 fully saturated rings. The minimum absolute atomic E-state index is 0. The third kappa shape index (κ3) is 4.60. The van der Waals surface area contributed by atoms with Crippen LogP contribution in [0.2, 0.25) is 0 Å². The van der Waals surface area contributed by atoms with E-state index in [0.717, 1.165) is 18.4 Å². The van der Waals surface area contributed by atoms with Gasteiger partial charge in [-0.1, -0.05) is 6.92 Å². The van der Waals surface area contributed by atoms with E-state index in [0.29, 0.717) is 4.90 Å². The molecule has 2 amide bonds. The number of rotatable bonds is 8. The first kappa shape index (κ1) is 28.9. The molecule has 0 spiro atoms. The number of thiazole rings is 1. The van der Waals surface area contributed by atoms with Crippen molar-refractivity contribution in [2.24, 2.45) is 0 Å². The Hall–Kier alpha value is -1.10. The van der Waals surface area contributed by atoms with Crippen molar-refractivity contribution in [3.05, 3.63) is 11.1 Å². The molecule has 18 heteroatoms. The Morgan fingerprint density at radius 1 is 1.44 bits per heavy atom. The second kappa shape index (κ2) is 10.0. The second-order valence-corrected chi connectivity index (χ2v) is 10.4. The summed E-state index contributed by atoms with van der Waals surface area (Å²) in [5.41, 5.74) is 5.21. The molecule has 0 bridgehead atoms. The average Bonchev–Trinajstić information content (AvgIpc) is 3.07. The van der Waals surface area contributed by atoms with Crippen LogP contribution in [0.1, 0.15) is 26.0 Å². The van der Waals surface area contributed by atoms with Crippen molar-refractivity contribution in [1.29, 1.82) is 0 Å². The number of ether oxygens (including phenoxy) is 1. The zero-order chi connectivity index (χ0) is 23.9. The van der Waals surface area contributed by atoms with Gasteiger partial charge in [-0.15, -0.1) is 11.3 Å². The third-order valence-electron chi connectivity index (χ3n) is 4.95. The smallest absolute Gasteiger partial charge is 0.731 e. The first-order valence-electron chi connectivity index (χ1n) is 8.64. The summed E-state index contributed by atoms with van der Waals surface area (Å²) >= 11 is 0.824. The van der Waals surface area contributed by atoms with Crippen LogP contribution in [0.3, 0.4) is 0 Å². The van der Waals surface area contributed by atoms with Crippen molar-refractivity contribution in [1.82, 2.24) is 14.2 Å². The number of nitrogen functional groups attached to an aromatic ring is 1. The molecule has 1 aromatic heterocycles. The van der Waals surface area contributed by atoms with Gasteiger partial charge in [0.2, 0.25) is 5.91 Å². The molecule has 1 saturated heterocycles. The number of amides is 2. The molecule has 4 N–H and O–H groups in total. The number of carbonyl (C=O) groups excluding carboxylic acids is 3. The van der Waals surface area contributed by atoms with Crippen LogP contribution in [0.4, 0.5) is 5.13 Å².